The first-order chi connectivity index (χ1) is 8.16. The summed E-state index contributed by atoms with van der Waals surface area (Å²) >= 11 is 0. The highest BCUT2D eigenvalue weighted by Gasteiger charge is 2.17. The minimum absolute atomic E-state index is 0.0650. The number of Topliss-reactive ketones (excluding diaryl/α,β-unsaturated/α-hetero) is 1. The molecule has 90 valence electrons. The van der Waals surface area contributed by atoms with E-state index in [2.05, 4.69) is 0 Å². The summed E-state index contributed by atoms with van der Waals surface area (Å²) in [5, 5.41) is 9.80. The molecule has 0 saturated heterocycles. The molecule has 17 heavy (non-hydrogen) atoms. The number of nitrogens with zero attached hydrogens (tertiary/aromatic N) is 1. The molecule has 2 aromatic rings. The zero-order valence-corrected chi connectivity index (χ0v) is 10.2. The van der Waals surface area contributed by atoms with Gasteiger partial charge in [0.05, 0.1) is 0 Å². The number of aromatic nitrogens is 1. The summed E-state index contributed by atoms with van der Waals surface area (Å²) < 4.78 is 2.04. The summed E-state index contributed by atoms with van der Waals surface area (Å²) in [6.07, 6.45) is 0.937. The van der Waals surface area contributed by atoms with E-state index in [1.54, 1.807) is 0 Å². The predicted molar refractivity (Wildman–Crippen MR) is 68.3 cm³/mol. The van der Waals surface area contributed by atoms with Gasteiger partial charge in [-0.2, -0.15) is 0 Å². The van der Waals surface area contributed by atoms with Gasteiger partial charge >= 0.3 is 0 Å². The molecule has 2 rings (SSSR count). The fraction of sp³-hybridized carbons (Fsp3) is 0.357. The average molecular weight is 231 g/mol. The van der Waals surface area contributed by atoms with Gasteiger partial charge in [0.2, 0.25) is 0 Å². The molecule has 0 aliphatic heterocycles. The number of carbonyl (C=O) groups is 1. The van der Waals surface area contributed by atoms with E-state index in [9.17, 15) is 4.79 Å². The van der Waals surface area contributed by atoms with Crippen molar-refractivity contribution < 1.29 is 9.90 Å². The summed E-state index contributed by atoms with van der Waals surface area (Å²) in [5.74, 6) is 0.119. The summed E-state index contributed by atoms with van der Waals surface area (Å²) in [5.41, 5.74) is 2.88. The maximum Gasteiger partial charge on any atom is 0.165 e. The van der Waals surface area contributed by atoms with Gasteiger partial charge in [0.1, 0.15) is 0 Å². The van der Waals surface area contributed by atoms with E-state index in [0.29, 0.717) is 12.8 Å². The van der Waals surface area contributed by atoms with Gasteiger partial charge in [0.15, 0.2) is 5.78 Å². The molecule has 1 N–H and O–H groups in total. The zero-order valence-electron chi connectivity index (χ0n) is 10.2. The van der Waals surface area contributed by atoms with Crippen molar-refractivity contribution in [2.45, 2.75) is 19.8 Å². The van der Waals surface area contributed by atoms with Gasteiger partial charge in [-0.3, -0.25) is 4.79 Å². The molecule has 0 aliphatic carbocycles. The number of fused-ring (bicyclic) bond motifs is 1. The molecular formula is C14H17NO2. The zero-order chi connectivity index (χ0) is 12.4. The van der Waals surface area contributed by atoms with E-state index < -0.39 is 0 Å². The van der Waals surface area contributed by atoms with Crippen LogP contribution >= 0.6 is 0 Å². The Morgan fingerprint density at radius 2 is 2.06 bits per heavy atom. The lowest BCUT2D eigenvalue weighted by Crippen LogP contribution is -2.03. The number of ketones is 1. The first-order valence-corrected chi connectivity index (χ1v) is 5.85. The van der Waals surface area contributed by atoms with Gasteiger partial charge in [0.25, 0.3) is 0 Å². The number of hydrogen-bond acceptors (Lipinski definition) is 2. The highest BCUT2D eigenvalue weighted by Crippen LogP contribution is 2.26. The van der Waals surface area contributed by atoms with Crippen molar-refractivity contribution in [1.82, 2.24) is 4.57 Å². The molecule has 0 fully saturated rings. The molecule has 0 spiro atoms. The van der Waals surface area contributed by atoms with E-state index in [4.69, 9.17) is 5.11 Å². The minimum Gasteiger partial charge on any atom is -0.396 e. The lowest BCUT2D eigenvalue weighted by molar-refractivity contribution is 0.0972. The molecule has 0 bridgehead atoms. The van der Waals surface area contributed by atoms with Crippen molar-refractivity contribution in [1.29, 1.82) is 0 Å². The highest BCUT2D eigenvalue weighted by atomic mass is 16.3. The molecule has 0 unspecified atom stereocenters. The van der Waals surface area contributed by atoms with Crippen molar-refractivity contribution in [3.63, 3.8) is 0 Å². The van der Waals surface area contributed by atoms with Crippen molar-refractivity contribution in [3.8, 4) is 0 Å². The SMILES string of the molecule is Cc1c(C(=O)CCCO)c2ccccc2n1C. The number of aliphatic hydroxyl groups is 1. The summed E-state index contributed by atoms with van der Waals surface area (Å²) in [6.45, 7) is 2.03. The molecule has 1 aromatic heterocycles. The topological polar surface area (TPSA) is 42.2 Å². The number of carbonyl (C=O) groups excluding carboxylic acids is 1. The Morgan fingerprint density at radius 3 is 2.76 bits per heavy atom. The molecule has 0 radical (unpaired) electrons. The van der Waals surface area contributed by atoms with E-state index in [1.807, 2.05) is 42.8 Å². The van der Waals surface area contributed by atoms with Crippen LogP contribution in [0.5, 0.6) is 0 Å². The van der Waals surface area contributed by atoms with Crippen molar-refractivity contribution in [2.24, 2.45) is 7.05 Å². The Hall–Kier alpha value is -1.61. The Morgan fingerprint density at radius 1 is 1.35 bits per heavy atom. The van der Waals surface area contributed by atoms with E-state index in [1.165, 1.54) is 0 Å². The largest absolute Gasteiger partial charge is 0.396 e. The van der Waals surface area contributed by atoms with Crippen LogP contribution in [-0.4, -0.2) is 22.1 Å². The number of para-hydroxylation sites is 1. The van der Waals surface area contributed by atoms with E-state index in [-0.39, 0.29) is 12.4 Å². The van der Waals surface area contributed by atoms with Crippen LogP contribution in [0.2, 0.25) is 0 Å². The lowest BCUT2D eigenvalue weighted by Gasteiger charge is -2.01. The van der Waals surface area contributed by atoms with E-state index in [0.717, 1.165) is 22.2 Å². The average Bonchev–Trinajstić information content (AvgIpc) is 2.60. The van der Waals surface area contributed by atoms with Gasteiger partial charge in [-0.15, -0.1) is 0 Å². The number of hydrogen-bond donors (Lipinski definition) is 1. The van der Waals surface area contributed by atoms with Crippen LogP contribution in [0.1, 0.15) is 28.9 Å². The second kappa shape index (κ2) is 4.72. The summed E-state index contributed by atoms with van der Waals surface area (Å²) in [4.78, 5) is 12.1. The molecule has 0 atom stereocenters. The Bertz CT molecular complexity index is 555. The van der Waals surface area contributed by atoms with Crippen molar-refractivity contribution in [3.05, 3.63) is 35.5 Å². The Balaban J connectivity index is 2.53. The summed E-state index contributed by atoms with van der Waals surface area (Å²) in [7, 11) is 1.97. The molecule has 1 aromatic carbocycles. The predicted octanol–water partition coefficient (Wildman–Crippen LogP) is 2.44. The van der Waals surface area contributed by atoms with Gasteiger partial charge in [-0.25, -0.2) is 0 Å². The molecule has 0 aliphatic rings. The molecule has 0 saturated carbocycles. The van der Waals surface area contributed by atoms with Crippen LogP contribution in [0.3, 0.4) is 0 Å². The third-order valence-electron chi connectivity index (χ3n) is 3.24. The second-order valence-corrected chi connectivity index (χ2v) is 4.29. The van der Waals surface area contributed by atoms with Crippen LogP contribution in [-0.2, 0) is 7.05 Å². The van der Waals surface area contributed by atoms with Crippen molar-refractivity contribution >= 4 is 16.7 Å². The van der Waals surface area contributed by atoms with Crippen LogP contribution in [0, 0.1) is 6.92 Å². The van der Waals surface area contributed by atoms with E-state index >= 15 is 0 Å². The van der Waals surface area contributed by atoms with Gasteiger partial charge in [0, 0.05) is 42.2 Å². The van der Waals surface area contributed by atoms with Crippen LogP contribution in [0.15, 0.2) is 24.3 Å². The van der Waals surface area contributed by atoms with Gasteiger partial charge in [-0.05, 0) is 19.4 Å². The lowest BCUT2D eigenvalue weighted by atomic mass is 10.0. The minimum atomic E-state index is 0.0650. The standard InChI is InChI=1S/C14H17NO2/c1-10-14(13(17)8-5-9-16)11-6-3-4-7-12(11)15(10)2/h3-4,6-7,16H,5,8-9H2,1-2H3. The van der Waals surface area contributed by atoms with Gasteiger partial charge < -0.3 is 9.67 Å². The molecule has 3 heteroatoms. The third kappa shape index (κ3) is 1.98. The monoisotopic (exact) mass is 231 g/mol. The normalized spacial score (nSPS) is 11.0. The van der Waals surface area contributed by atoms with Crippen LogP contribution in [0.4, 0.5) is 0 Å². The number of rotatable bonds is 4. The number of aliphatic hydroxyl groups excluding tert-OH is 1. The fourth-order valence-electron chi connectivity index (χ4n) is 2.24. The molecular weight excluding hydrogens is 214 g/mol. The highest BCUT2D eigenvalue weighted by molar-refractivity contribution is 6.09. The smallest absolute Gasteiger partial charge is 0.165 e. The third-order valence-corrected chi connectivity index (χ3v) is 3.24. The van der Waals surface area contributed by atoms with Crippen LogP contribution in [0.25, 0.3) is 10.9 Å². The first-order valence-electron chi connectivity index (χ1n) is 5.85. The number of aryl methyl sites for hydroxylation is 1. The number of benzene rings is 1. The molecule has 0 amide bonds. The van der Waals surface area contributed by atoms with Gasteiger partial charge in [-0.1, -0.05) is 18.2 Å². The quantitative estimate of drug-likeness (QED) is 0.821. The molecule has 3 nitrogen and oxygen atoms in total. The first kappa shape index (κ1) is 11.9. The second-order valence-electron chi connectivity index (χ2n) is 4.29. The maximum atomic E-state index is 12.1. The maximum absolute atomic E-state index is 12.1. The van der Waals surface area contributed by atoms with Crippen molar-refractivity contribution in [2.75, 3.05) is 6.61 Å². The Kier molecular flexibility index (Phi) is 3.29. The summed E-state index contributed by atoms with van der Waals surface area (Å²) in [6, 6.07) is 7.92. The Labute approximate surface area is 101 Å². The van der Waals surface area contributed by atoms with Crippen LogP contribution < -0.4 is 0 Å². The fourth-order valence-corrected chi connectivity index (χ4v) is 2.24. The molecule has 1 heterocycles.